The largest absolute Gasteiger partial charge is 0.497 e. The SMILES string of the molecule is COc1ccc2c(c1)C(=O)C(C)=C(C(C)=O)C2=O. The molecular weight excluding hydrogens is 232 g/mol. The smallest absolute Gasteiger partial charge is 0.197 e. The fourth-order valence-corrected chi connectivity index (χ4v) is 2.08. The van der Waals surface area contributed by atoms with E-state index in [0.29, 0.717) is 11.3 Å². The van der Waals surface area contributed by atoms with Crippen LogP contribution in [0.4, 0.5) is 0 Å². The van der Waals surface area contributed by atoms with Gasteiger partial charge in [-0.1, -0.05) is 0 Å². The van der Waals surface area contributed by atoms with Gasteiger partial charge in [0.2, 0.25) is 0 Å². The Morgan fingerprint density at radius 1 is 1.11 bits per heavy atom. The first-order chi connectivity index (χ1) is 8.47. The van der Waals surface area contributed by atoms with Crippen LogP contribution in [-0.2, 0) is 4.79 Å². The lowest BCUT2D eigenvalue weighted by Gasteiger charge is -2.17. The first-order valence-corrected chi connectivity index (χ1v) is 5.46. The minimum atomic E-state index is -0.391. The first kappa shape index (κ1) is 12.2. The van der Waals surface area contributed by atoms with Gasteiger partial charge in [-0.15, -0.1) is 0 Å². The van der Waals surface area contributed by atoms with Gasteiger partial charge in [0.25, 0.3) is 0 Å². The third-order valence-electron chi connectivity index (χ3n) is 3.01. The van der Waals surface area contributed by atoms with Crippen molar-refractivity contribution in [3.63, 3.8) is 0 Å². The van der Waals surface area contributed by atoms with Crippen LogP contribution in [0.5, 0.6) is 5.75 Å². The van der Waals surface area contributed by atoms with Gasteiger partial charge in [0, 0.05) is 16.7 Å². The van der Waals surface area contributed by atoms with Gasteiger partial charge >= 0.3 is 0 Å². The van der Waals surface area contributed by atoms with E-state index in [1.165, 1.54) is 33.1 Å². The molecule has 0 saturated heterocycles. The molecule has 0 heterocycles. The fraction of sp³-hybridized carbons (Fsp3) is 0.214. The molecule has 1 aliphatic rings. The number of allylic oxidation sites excluding steroid dienone is 2. The lowest BCUT2D eigenvalue weighted by Crippen LogP contribution is -2.24. The molecule has 1 aliphatic carbocycles. The number of carbonyl (C=O) groups excluding carboxylic acids is 3. The second-order valence-electron chi connectivity index (χ2n) is 4.13. The van der Waals surface area contributed by atoms with E-state index in [2.05, 4.69) is 0 Å². The molecule has 0 amide bonds. The van der Waals surface area contributed by atoms with Crippen molar-refractivity contribution < 1.29 is 19.1 Å². The van der Waals surface area contributed by atoms with E-state index in [9.17, 15) is 14.4 Å². The van der Waals surface area contributed by atoms with Crippen molar-refractivity contribution in [2.24, 2.45) is 0 Å². The highest BCUT2D eigenvalue weighted by atomic mass is 16.5. The predicted octanol–water partition coefficient (Wildman–Crippen LogP) is 1.98. The predicted molar refractivity (Wildman–Crippen MR) is 65.0 cm³/mol. The Bertz CT molecular complexity index is 608. The number of ether oxygens (including phenoxy) is 1. The van der Waals surface area contributed by atoms with E-state index in [-0.39, 0.29) is 28.3 Å². The zero-order chi connectivity index (χ0) is 13.4. The molecule has 18 heavy (non-hydrogen) atoms. The molecule has 0 aliphatic heterocycles. The van der Waals surface area contributed by atoms with Crippen LogP contribution < -0.4 is 4.74 Å². The summed E-state index contributed by atoms with van der Waals surface area (Å²) in [5.41, 5.74) is 0.740. The van der Waals surface area contributed by atoms with Crippen molar-refractivity contribution in [2.45, 2.75) is 13.8 Å². The number of hydrogen-bond acceptors (Lipinski definition) is 4. The van der Waals surface area contributed by atoms with E-state index in [1.807, 2.05) is 0 Å². The summed E-state index contributed by atoms with van der Waals surface area (Å²) in [6, 6.07) is 4.64. The molecule has 0 unspecified atom stereocenters. The number of methoxy groups -OCH3 is 1. The third-order valence-corrected chi connectivity index (χ3v) is 3.01. The van der Waals surface area contributed by atoms with Crippen LogP contribution in [-0.4, -0.2) is 24.5 Å². The quantitative estimate of drug-likeness (QED) is 0.746. The number of Topliss-reactive ketones (excluding diaryl/α,β-unsaturated/α-hetero) is 3. The molecule has 1 aromatic carbocycles. The van der Waals surface area contributed by atoms with Gasteiger partial charge in [0.05, 0.1) is 12.7 Å². The van der Waals surface area contributed by atoms with Crippen LogP contribution in [0.15, 0.2) is 29.3 Å². The van der Waals surface area contributed by atoms with E-state index < -0.39 is 5.78 Å². The highest BCUT2D eigenvalue weighted by Gasteiger charge is 2.32. The molecule has 0 spiro atoms. The summed E-state index contributed by atoms with van der Waals surface area (Å²) >= 11 is 0. The monoisotopic (exact) mass is 244 g/mol. The molecule has 1 aromatic rings. The molecule has 0 radical (unpaired) electrons. The molecule has 0 N–H and O–H groups in total. The Morgan fingerprint density at radius 3 is 2.33 bits per heavy atom. The highest BCUT2D eigenvalue weighted by Crippen LogP contribution is 2.29. The molecule has 4 heteroatoms. The molecule has 92 valence electrons. The van der Waals surface area contributed by atoms with Gasteiger partial charge in [0.1, 0.15) is 5.75 Å². The summed E-state index contributed by atoms with van der Waals surface area (Å²) in [4.78, 5) is 35.7. The van der Waals surface area contributed by atoms with Crippen LogP contribution in [0.2, 0.25) is 0 Å². The molecule has 0 aromatic heterocycles. The summed E-state index contributed by atoms with van der Waals surface area (Å²) in [6.07, 6.45) is 0. The van der Waals surface area contributed by atoms with Crippen molar-refractivity contribution in [3.05, 3.63) is 40.5 Å². The van der Waals surface area contributed by atoms with E-state index in [0.717, 1.165) is 0 Å². The van der Waals surface area contributed by atoms with Crippen molar-refractivity contribution in [1.82, 2.24) is 0 Å². The van der Waals surface area contributed by atoms with Crippen LogP contribution in [0, 0.1) is 0 Å². The number of rotatable bonds is 2. The Kier molecular flexibility index (Phi) is 2.87. The Morgan fingerprint density at radius 2 is 1.78 bits per heavy atom. The van der Waals surface area contributed by atoms with Gasteiger partial charge in [-0.3, -0.25) is 14.4 Å². The summed E-state index contributed by atoms with van der Waals surface area (Å²) in [7, 11) is 1.49. The van der Waals surface area contributed by atoms with Gasteiger partial charge in [0.15, 0.2) is 17.3 Å². The standard InChI is InChI=1S/C14H12O4/c1-7-12(8(2)15)14(17)10-5-4-9(18-3)6-11(10)13(7)16/h4-6H,1-3H3. The van der Waals surface area contributed by atoms with E-state index in [1.54, 1.807) is 6.07 Å². The Hall–Kier alpha value is -2.23. The summed E-state index contributed by atoms with van der Waals surface area (Å²) in [6.45, 7) is 2.79. The normalized spacial score (nSPS) is 14.6. The van der Waals surface area contributed by atoms with Gasteiger partial charge in [-0.25, -0.2) is 0 Å². The second-order valence-corrected chi connectivity index (χ2v) is 4.13. The third kappa shape index (κ3) is 1.66. The zero-order valence-electron chi connectivity index (χ0n) is 10.4. The minimum Gasteiger partial charge on any atom is -0.497 e. The molecule has 0 saturated carbocycles. The number of benzene rings is 1. The summed E-state index contributed by atoms with van der Waals surface area (Å²) in [5.74, 6) is -0.563. The van der Waals surface area contributed by atoms with Gasteiger partial charge in [-0.05, 0) is 32.0 Å². The van der Waals surface area contributed by atoms with Crippen LogP contribution in [0.25, 0.3) is 0 Å². The van der Waals surface area contributed by atoms with Crippen LogP contribution >= 0.6 is 0 Å². The number of carbonyl (C=O) groups is 3. The van der Waals surface area contributed by atoms with Gasteiger partial charge < -0.3 is 4.74 Å². The van der Waals surface area contributed by atoms with Crippen molar-refractivity contribution >= 4 is 17.3 Å². The fourth-order valence-electron chi connectivity index (χ4n) is 2.08. The average Bonchev–Trinajstić information content (AvgIpc) is 2.35. The average molecular weight is 244 g/mol. The molecule has 4 nitrogen and oxygen atoms in total. The molecule has 2 rings (SSSR count). The zero-order valence-corrected chi connectivity index (χ0v) is 10.4. The van der Waals surface area contributed by atoms with E-state index in [4.69, 9.17) is 4.74 Å². The summed E-state index contributed by atoms with van der Waals surface area (Å²) < 4.78 is 5.03. The molecule has 0 bridgehead atoms. The lowest BCUT2D eigenvalue weighted by molar-refractivity contribution is -0.113. The molecule has 0 fully saturated rings. The maximum absolute atomic E-state index is 12.1. The van der Waals surface area contributed by atoms with Crippen molar-refractivity contribution in [3.8, 4) is 5.75 Å². The van der Waals surface area contributed by atoms with Crippen LogP contribution in [0.3, 0.4) is 0 Å². The van der Waals surface area contributed by atoms with E-state index >= 15 is 0 Å². The van der Waals surface area contributed by atoms with Crippen LogP contribution in [0.1, 0.15) is 34.6 Å². The van der Waals surface area contributed by atoms with Crippen molar-refractivity contribution in [1.29, 1.82) is 0 Å². The summed E-state index contributed by atoms with van der Waals surface area (Å²) in [5, 5.41) is 0. The lowest BCUT2D eigenvalue weighted by atomic mass is 9.83. The first-order valence-electron chi connectivity index (χ1n) is 5.46. The maximum Gasteiger partial charge on any atom is 0.197 e. The number of hydrogen-bond donors (Lipinski definition) is 0. The molecule has 0 atom stereocenters. The second kappa shape index (κ2) is 4.22. The molecular formula is C14H12O4. The Balaban J connectivity index is 2.68. The maximum atomic E-state index is 12.1. The highest BCUT2D eigenvalue weighted by molar-refractivity contribution is 6.36. The minimum absolute atomic E-state index is 0.0160. The number of fused-ring (bicyclic) bond motifs is 1. The Labute approximate surface area is 104 Å². The topological polar surface area (TPSA) is 60.4 Å². The van der Waals surface area contributed by atoms with Crippen molar-refractivity contribution in [2.75, 3.05) is 7.11 Å². The van der Waals surface area contributed by atoms with Gasteiger partial charge in [-0.2, -0.15) is 0 Å². The number of ketones is 3.